The molecule has 1 N–H and O–H groups in total. The molecule has 0 aliphatic carbocycles. The first-order valence-corrected chi connectivity index (χ1v) is 8.41. The molecule has 3 aromatic rings. The number of rotatable bonds is 5. The van der Waals surface area contributed by atoms with Gasteiger partial charge in [0.25, 0.3) is 5.91 Å². The quantitative estimate of drug-likeness (QED) is 0.702. The van der Waals surface area contributed by atoms with Crippen LogP contribution in [0.15, 0.2) is 41.3 Å². The van der Waals surface area contributed by atoms with Gasteiger partial charge >= 0.3 is 0 Å². The third-order valence-corrected chi connectivity index (χ3v) is 4.26. The fourth-order valence-electron chi connectivity index (χ4n) is 2.10. The van der Waals surface area contributed by atoms with Crippen molar-refractivity contribution in [1.82, 2.24) is 24.5 Å². The summed E-state index contributed by atoms with van der Waals surface area (Å²) < 4.78 is 3.90. The van der Waals surface area contributed by atoms with Crippen LogP contribution in [0.2, 0.25) is 5.02 Å². The summed E-state index contributed by atoms with van der Waals surface area (Å²) in [5, 5.41) is 11.7. The lowest BCUT2D eigenvalue weighted by Crippen LogP contribution is -2.15. The van der Waals surface area contributed by atoms with Crippen LogP contribution in [0.4, 0.5) is 5.95 Å². The molecule has 7 nitrogen and oxygen atoms in total. The molecule has 0 aliphatic rings. The van der Waals surface area contributed by atoms with Crippen LogP contribution >= 0.6 is 27.5 Å². The maximum absolute atomic E-state index is 12.3. The van der Waals surface area contributed by atoms with Crippen LogP contribution in [0.3, 0.4) is 0 Å². The molecule has 0 aliphatic heterocycles. The number of carbonyl (C=O) groups excluding carboxylic acids is 1. The van der Waals surface area contributed by atoms with Crippen LogP contribution in [-0.4, -0.2) is 30.5 Å². The summed E-state index contributed by atoms with van der Waals surface area (Å²) in [5.41, 5.74) is 1.21. The second-order valence-corrected chi connectivity index (χ2v) is 6.25. The second kappa shape index (κ2) is 7.14. The van der Waals surface area contributed by atoms with E-state index in [1.54, 1.807) is 21.9 Å². The van der Waals surface area contributed by atoms with Crippen molar-refractivity contribution < 1.29 is 4.79 Å². The largest absolute Gasteiger partial charge is 0.288 e. The molecule has 0 saturated carbocycles. The molecule has 3 rings (SSSR count). The van der Waals surface area contributed by atoms with Gasteiger partial charge in [0.1, 0.15) is 6.33 Å². The lowest BCUT2D eigenvalue weighted by molar-refractivity contribution is 0.102. The van der Waals surface area contributed by atoms with Gasteiger partial charge in [0.05, 0.1) is 11.0 Å². The molecule has 0 radical (unpaired) electrons. The zero-order valence-corrected chi connectivity index (χ0v) is 15.1. The third kappa shape index (κ3) is 3.65. The minimum absolute atomic E-state index is 0.213. The second-order valence-electron chi connectivity index (χ2n) is 4.99. The molecule has 2 heterocycles. The molecule has 0 spiro atoms. The van der Waals surface area contributed by atoms with E-state index in [4.69, 9.17) is 11.6 Å². The number of aromatic nitrogens is 5. The lowest BCUT2D eigenvalue weighted by atomic mass is 10.2. The number of nitrogens with one attached hydrogen (secondary N) is 1. The first-order chi connectivity index (χ1) is 11.6. The number of nitrogens with zero attached hydrogens (tertiary/aromatic N) is 5. The number of hydrogen-bond donors (Lipinski definition) is 1. The van der Waals surface area contributed by atoms with E-state index in [2.05, 4.69) is 36.4 Å². The van der Waals surface area contributed by atoms with Crippen molar-refractivity contribution in [3.63, 3.8) is 0 Å². The predicted octanol–water partition coefficient (Wildman–Crippen LogP) is 3.21. The summed E-state index contributed by atoms with van der Waals surface area (Å²) in [6, 6.07) is 7.50. The summed E-state index contributed by atoms with van der Waals surface area (Å²) in [5.74, 6) is -0.158. The van der Waals surface area contributed by atoms with E-state index in [0.717, 1.165) is 5.56 Å². The number of amides is 1. The monoisotopic (exact) mass is 408 g/mol. The number of aryl methyl sites for hydroxylation is 1. The van der Waals surface area contributed by atoms with E-state index in [0.29, 0.717) is 28.3 Å². The predicted molar refractivity (Wildman–Crippen MR) is 94.1 cm³/mol. The SMILES string of the molecule is CCn1cc(Br)c(C(=O)Nc2ncn(Cc3ccccc3Cl)n2)n1. The molecule has 0 bridgehead atoms. The first kappa shape index (κ1) is 16.7. The summed E-state index contributed by atoms with van der Waals surface area (Å²) >= 11 is 9.46. The van der Waals surface area contributed by atoms with E-state index in [1.165, 1.54) is 0 Å². The van der Waals surface area contributed by atoms with Crippen molar-refractivity contribution in [2.24, 2.45) is 0 Å². The van der Waals surface area contributed by atoms with Crippen molar-refractivity contribution >= 4 is 39.4 Å². The van der Waals surface area contributed by atoms with E-state index in [-0.39, 0.29) is 11.9 Å². The fourth-order valence-corrected chi connectivity index (χ4v) is 2.79. The Morgan fingerprint density at radius 3 is 2.79 bits per heavy atom. The molecule has 9 heteroatoms. The Bertz CT molecular complexity index is 874. The Morgan fingerprint density at radius 1 is 1.29 bits per heavy atom. The Labute approximate surface area is 151 Å². The van der Waals surface area contributed by atoms with E-state index in [9.17, 15) is 4.79 Å². The molecule has 1 aromatic carbocycles. The molecule has 2 aromatic heterocycles. The van der Waals surface area contributed by atoms with Crippen molar-refractivity contribution in [2.45, 2.75) is 20.0 Å². The average molecular weight is 410 g/mol. The minimum Gasteiger partial charge on any atom is -0.288 e. The van der Waals surface area contributed by atoms with E-state index in [1.807, 2.05) is 31.2 Å². The highest BCUT2D eigenvalue weighted by Crippen LogP contribution is 2.17. The van der Waals surface area contributed by atoms with Gasteiger partial charge in [-0.3, -0.25) is 14.8 Å². The fraction of sp³-hybridized carbons (Fsp3) is 0.200. The van der Waals surface area contributed by atoms with E-state index < -0.39 is 0 Å². The Morgan fingerprint density at radius 2 is 2.08 bits per heavy atom. The highest BCUT2D eigenvalue weighted by Gasteiger charge is 2.16. The molecule has 0 saturated heterocycles. The van der Waals surface area contributed by atoms with Crippen molar-refractivity contribution in [3.8, 4) is 0 Å². The van der Waals surface area contributed by atoms with Crippen LogP contribution in [0, 0.1) is 0 Å². The maximum Gasteiger partial charge on any atom is 0.279 e. The summed E-state index contributed by atoms with van der Waals surface area (Å²) in [6.45, 7) is 3.09. The summed E-state index contributed by atoms with van der Waals surface area (Å²) in [7, 11) is 0. The molecular weight excluding hydrogens is 396 g/mol. The number of carbonyl (C=O) groups is 1. The molecule has 1 amide bonds. The third-order valence-electron chi connectivity index (χ3n) is 3.31. The molecule has 24 heavy (non-hydrogen) atoms. The standard InChI is InChI=1S/C15H14BrClN6O/c1-2-22-8-11(16)13(20-22)14(24)19-15-18-9-23(21-15)7-10-5-3-4-6-12(10)17/h3-6,8-9H,2,7H2,1H3,(H,19,21,24). The van der Waals surface area contributed by atoms with Crippen LogP contribution in [0.5, 0.6) is 0 Å². The van der Waals surface area contributed by atoms with Crippen LogP contribution < -0.4 is 5.32 Å². The van der Waals surface area contributed by atoms with Gasteiger partial charge < -0.3 is 0 Å². The molecule has 124 valence electrons. The van der Waals surface area contributed by atoms with Crippen molar-refractivity contribution in [2.75, 3.05) is 5.32 Å². The zero-order chi connectivity index (χ0) is 17.1. The van der Waals surface area contributed by atoms with Crippen molar-refractivity contribution in [1.29, 1.82) is 0 Å². The lowest BCUT2D eigenvalue weighted by Gasteiger charge is -2.03. The topological polar surface area (TPSA) is 77.6 Å². The van der Waals surface area contributed by atoms with Crippen LogP contribution in [0.1, 0.15) is 23.0 Å². The Hall–Kier alpha value is -2.19. The van der Waals surface area contributed by atoms with Gasteiger partial charge in [0.15, 0.2) is 5.69 Å². The summed E-state index contributed by atoms with van der Waals surface area (Å²) in [6.07, 6.45) is 3.29. The van der Waals surface area contributed by atoms with Gasteiger partial charge in [-0.25, -0.2) is 9.67 Å². The smallest absolute Gasteiger partial charge is 0.279 e. The number of halogens is 2. The van der Waals surface area contributed by atoms with Gasteiger partial charge in [0.2, 0.25) is 5.95 Å². The Balaban J connectivity index is 1.70. The summed E-state index contributed by atoms with van der Waals surface area (Å²) in [4.78, 5) is 16.3. The molecule has 0 atom stereocenters. The first-order valence-electron chi connectivity index (χ1n) is 7.24. The highest BCUT2D eigenvalue weighted by atomic mass is 79.9. The van der Waals surface area contributed by atoms with Crippen molar-refractivity contribution in [3.05, 3.63) is 57.5 Å². The number of anilines is 1. The van der Waals surface area contributed by atoms with Gasteiger partial charge in [0, 0.05) is 17.8 Å². The van der Waals surface area contributed by atoms with Gasteiger partial charge in [-0.2, -0.15) is 5.10 Å². The number of hydrogen-bond acceptors (Lipinski definition) is 4. The van der Waals surface area contributed by atoms with Gasteiger partial charge in [-0.1, -0.05) is 29.8 Å². The zero-order valence-electron chi connectivity index (χ0n) is 12.8. The molecular formula is C15H14BrClN6O. The normalized spacial score (nSPS) is 10.8. The van der Waals surface area contributed by atoms with Gasteiger partial charge in [-0.05, 0) is 34.5 Å². The molecule has 0 unspecified atom stereocenters. The van der Waals surface area contributed by atoms with E-state index >= 15 is 0 Å². The number of benzene rings is 1. The highest BCUT2D eigenvalue weighted by molar-refractivity contribution is 9.10. The average Bonchev–Trinajstić information content (AvgIpc) is 3.16. The maximum atomic E-state index is 12.3. The van der Waals surface area contributed by atoms with Gasteiger partial charge in [-0.15, -0.1) is 5.10 Å². The Kier molecular flexibility index (Phi) is 4.96. The molecule has 0 fully saturated rings. The van der Waals surface area contributed by atoms with Crippen LogP contribution in [-0.2, 0) is 13.1 Å². The minimum atomic E-state index is -0.371. The van der Waals surface area contributed by atoms with Crippen LogP contribution in [0.25, 0.3) is 0 Å².